The summed E-state index contributed by atoms with van der Waals surface area (Å²) in [7, 11) is 0. The predicted octanol–water partition coefficient (Wildman–Crippen LogP) is 1.33. The van der Waals surface area contributed by atoms with E-state index in [1.165, 1.54) is 0 Å². The fourth-order valence-electron chi connectivity index (χ4n) is 0.622. The Balaban J connectivity index is 3.03. The molecule has 1 aromatic rings. The molecule has 0 radical (unpaired) electrons. The lowest BCUT2D eigenvalue weighted by Gasteiger charge is -2.02. The van der Waals surface area contributed by atoms with Gasteiger partial charge in [0.1, 0.15) is 0 Å². The van der Waals surface area contributed by atoms with Gasteiger partial charge >= 0.3 is 6.01 Å². The largest absolute Gasteiger partial charge is 0.478 e. The normalized spacial score (nSPS) is 10.8. The van der Waals surface area contributed by atoms with Crippen molar-refractivity contribution in [2.24, 2.45) is 0 Å². The van der Waals surface area contributed by atoms with Gasteiger partial charge in [0, 0.05) is 6.04 Å². The van der Waals surface area contributed by atoms with Crippen LogP contribution in [0.2, 0.25) is 0 Å². The lowest BCUT2D eigenvalue weighted by molar-refractivity contribution is 0.414. The fourth-order valence-corrected chi connectivity index (χ4v) is 1.27. The monoisotopic (exact) mass is 205 g/mol. The molecule has 1 aromatic heterocycles. The van der Waals surface area contributed by atoms with Gasteiger partial charge in [0.2, 0.25) is 0 Å². The Morgan fingerprint density at radius 3 is 2.40 bits per heavy atom. The molecule has 10 heavy (non-hydrogen) atoms. The lowest BCUT2D eigenvalue weighted by Crippen LogP contribution is -2.02. The van der Waals surface area contributed by atoms with Gasteiger partial charge in [0.25, 0.3) is 0 Å². The molecule has 1 rings (SSSR count). The van der Waals surface area contributed by atoms with E-state index in [2.05, 4.69) is 26.0 Å². The van der Waals surface area contributed by atoms with Crippen molar-refractivity contribution in [3.05, 3.63) is 4.73 Å². The minimum Gasteiger partial charge on any atom is -0.478 e. The molecule has 0 aromatic carbocycles. The van der Waals surface area contributed by atoms with Crippen molar-refractivity contribution in [2.75, 3.05) is 0 Å². The first kappa shape index (κ1) is 7.53. The van der Waals surface area contributed by atoms with Crippen molar-refractivity contribution < 1.29 is 5.11 Å². The van der Waals surface area contributed by atoms with Crippen LogP contribution in [0, 0.1) is 0 Å². The Kier molecular flexibility index (Phi) is 1.94. The minimum atomic E-state index is -0.194. The zero-order valence-electron chi connectivity index (χ0n) is 5.74. The molecule has 0 aliphatic heterocycles. The fraction of sp³-hybridized carbons (Fsp3) is 0.600. The summed E-state index contributed by atoms with van der Waals surface area (Å²) in [6.45, 7) is 3.91. The van der Waals surface area contributed by atoms with Crippen LogP contribution in [-0.2, 0) is 0 Å². The molecule has 0 unspecified atom stereocenters. The zero-order chi connectivity index (χ0) is 7.72. The van der Waals surface area contributed by atoms with E-state index in [0.29, 0.717) is 4.73 Å². The van der Waals surface area contributed by atoms with E-state index in [1.54, 1.807) is 4.68 Å². The first-order valence-corrected chi connectivity index (χ1v) is 3.71. The first-order chi connectivity index (χ1) is 4.61. The van der Waals surface area contributed by atoms with E-state index in [4.69, 9.17) is 5.11 Å². The first-order valence-electron chi connectivity index (χ1n) is 2.92. The lowest BCUT2D eigenvalue weighted by atomic mass is 10.4. The highest BCUT2D eigenvalue weighted by Crippen LogP contribution is 2.15. The third kappa shape index (κ3) is 1.29. The number of hydrogen-bond donors (Lipinski definition) is 1. The van der Waals surface area contributed by atoms with Crippen LogP contribution in [0.1, 0.15) is 19.9 Å². The van der Waals surface area contributed by atoms with Crippen LogP contribution in [-0.4, -0.2) is 19.9 Å². The van der Waals surface area contributed by atoms with Gasteiger partial charge in [0.05, 0.1) is 0 Å². The average molecular weight is 206 g/mol. The van der Waals surface area contributed by atoms with Gasteiger partial charge in [-0.25, -0.2) is 4.68 Å². The number of aromatic hydroxyl groups is 1. The average Bonchev–Trinajstić information content (AvgIpc) is 2.10. The highest BCUT2D eigenvalue weighted by molar-refractivity contribution is 9.10. The van der Waals surface area contributed by atoms with Crippen molar-refractivity contribution in [3.8, 4) is 6.01 Å². The maximum absolute atomic E-state index is 8.81. The molecule has 4 nitrogen and oxygen atoms in total. The van der Waals surface area contributed by atoms with Crippen molar-refractivity contribution in [1.29, 1.82) is 0 Å². The third-order valence-electron chi connectivity index (χ3n) is 1.07. The van der Waals surface area contributed by atoms with Crippen LogP contribution in [0.3, 0.4) is 0 Å². The summed E-state index contributed by atoms with van der Waals surface area (Å²) < 4.78 is 2.15. The Labute approximate surface area is 67.0 Å². The summed E-state index contributed by atoms with van der Waals surface area (Å²) in [6.07, 6.45) is 0. The van der Waals surface area contributed by atoms with E-state index < -0.39 is 0 Å². The standard InChI is InChI=1S/C5H8BrN3O/c1-3(2)9-4(6)7-5(10)8-9/h3H,1-2H3,(H,8,10). The van der Waals surface area contributed by atoms with Crippen molar-refractivity contribution in [1.82, 2.24) is 14.8 Å². The second-order valence-electron chi connectivity index (χ2n) is 2.22. The maximum Gasteiger partial charge on any atom is 0.333 e. The van der Waals surface area contributed by atoms with Crippen LogP contribution in [0.25, 0.3) is 0 Å². The molecule has 0 spiro atoms. The van der Waals surface area contributed by atoms with E-state index in [-0.39, 0.29) is 12.1 Å². The molecular formula is C5H8BrN3O. The Morgan fingerprint density at radius 2 is 2.20 bits per heavy atom. The Morgan fingerprint density at radius 1 is 1.60 bits per heavy atom. The number of nitrogens with zero attached hydrogens (tertiary/aromatic N) is 3. The van der Waals surface area contributed by atoms with Crippen LogP contribution < -0.4 is 0 Å². The summed E-state index contributed by atoms with van der Waals surface area (Å²) in [6, 6.07) is 0.0170. The van der Waals surface area contributed by atoms with Gasteiger partial charge in [0.15, 0.2) is 4.73 Å². The van der Waals surface area contributed by atoms with Crippen LogP contribution >= 0.6 is 15.9 Å². The third-order valence-corrected chi connectivity index (χ3v) is 1.61. The number of hydrogen-bond acceptors (Lipinski definition) is 3. The number of aromatic nitrogens is 3. The Hall–Kier alpha value is -0.580. The molecule has 0 saturated carbocycles. The quantitative estimate of drug-likeness (QED) is 0.753. The summed E-state index contributed by atoms with van der Waals surface area (Å²) in [5, 5.41) is 12.5. The zero-order valence-corrected chi connectivity index (χ0v) is 7.33. The van der Waals surface area contributed by atoms with E-state index in [9.17, 15) is 0 Å². The highest BCUT2D eigenvalue weighted by Gasteiger charge is 2.07. The van der Waals surface area contributed by atoms with Gasteiger partial charge in [-0.3, -0.25) is 0 Å². The number of rotatable bonds is 1. The minimum absolute atomic E-state index is 0.194. The summed E-state index contributed by atoms with van der Waals surface area (Å²) in [4.78, 5) is 3.66. The topological polar surface area (TPSA) is 50.9 Å². The second kappa shape index (κ2) is 2.57. The van der Waals surface area contributed by atoms with Crippen molar-refractivity contribution >= 4 is 15.9 Å². The van der Waals surface area contributed by atoms with Crippen LogP contribution in [0.15, 0.2) is 4.73 Å². The molecule has 0 saturated heterocycles. The van der Waals surface area contributed by atoms with Crippen LogP contribution in [0.5, 0.6) is 6.01 Å². The van der Waals surface area contributed by atoms with Gasteiger partial charge in [-0.05, 0) is 29.8 Å². The van der Waals surface area contributed by atoms with E-state index in [1.807, 2.05) is 13.8 Å². The van der Waals surface area contributed by atoms with E-state index in [0.717, 1.165) is 0 Å². The summed E-state index contributed by atoms with van der Waals surface area (Å²) in [5.41, 5.74) is 0. The van der Waals surface area contributed by atoms with Crippen LogP contribution in [0.4, 0.5) is 0 Å². The predicted molar refractivity (Wildman–Crippen MR) is 39.8 cm³/mol. The van der Waals surface area contributed by atoms with Crippen molar-refractivity contribution in [2.45, 2.75) is 19.9 Å². The molecule has 0 amide bonds. The Bertz CT molecular complexity index is 233. The summed E-state index contributed by atoms with van der Waals surface area (Å²) >= 11 is 3.15. The molecule has 56 valence electrons. The molecular weight excluding hydrogens is 198 g/mol. The molecule has 0 aliphatic carbocycles. The highest BCUT2D eigenvalue weighted by atomic mass is 79.9. The maximum atomic E-state index is 8.81. The molecule has 0 bridgehead atoms. The van der Waals surface area contributed by atoms with Gasteiger partial charge in [-0.1, -0.05) is 0 Å². The van der Waals surface area contributed by atoms with Gasteiger partial charge in [-0.2, -0.15) is 4.98 Å². The number of halogens is 1. The second-order valence-corrected chi connectivity index (χ2v) is 2.93. The van der Waals surface area contributed by atoms with E-state index >= 15 is 0 Å². The molecule has 0 atom stereocenters. The smallest absolute Gasteiger partial charge is 0.333 e. The van der Waals surface area contributed by atoms with Gasteiger partial charge < -0.3 is 5.11 Å². The summed E-state index contributed by atoms with van der Waals surface area (Å²) in [5.74, 6) is 0. The SMILES string of the molecule is CC(C)n1nc(O)nc1Br. The molecule has 1 heterocycles. The van der Waals surface area contributed by atoms with Gasteiger partial charge in [-0.15, -0.1) is 5.10 Å². The molecule has 1 N–H and O–H groups in total. The molecule has 0 aliphatic rings. The molecule has 0 fully saturated rings. The molecule has 5 heteroatoms. The van der Waals surface area contributed by atoms with Crippen molar-refractivity contribution in [3.63, 3.8) is 0 Å².